The van der Waals surface area contributed by atoms with Crippen molar-refractivity contribution in [1.29, 1.82) is 0 Å². The van der Waals surface area contributed by atoms with Crippen LogP contribution in [0.1, 0.15) is 38.3 Å². The van der Waals surface area contributed by atoms with Crippen LogP contribution in [0.4, 0.5) is 0 Å². The topological polar surface area (TPSA) is 15.3 Å². The minimum atomic E-state index is 0.729. The SMILES string of the molecule is CCNCc1ccccc1CN1CC(C)CC1C. The molecule has 1 aliphatic heterocycles. The Bertz CT molecular complexity index is 375. The predicted molar refractivity (Wildman–Crippen MR) is 77.5 cm³/mol. The van der Waals surface area contributed by atoms with Crippen molar-refractivity contribution in [2.24, 2.45) is 5.92 Å². The molecule has 1 aromatic rings. The fourth-order valence-electron chi connectivity index (χ4n) is 2.97. The molecule has 2 heteroatoms. The van der Waals surface area contributed by atoms with Gasteiger partial charge in [0, 0.05) is 25.7 Å². The van der Waals surface area contributed by atoms with Crippen LogP contribution in [0, 0.1) is 5.92 Å². The summed E-state index contributed by atoms with van der Waals surface area (Å²) in [6, 6.07) is 9.57. The van der Waals surface area contributed by atoms with Gasteiger partial charge in [-0.05, 0) is 36.9 Å². The summed E-state index contributed by atoms with van der Waals surface area (Å²) >= 11 is 0. The van der Waals surface area contributed by atoms with Crippen LogP contribution in [-0.4, -0.2) is 24.0 Å². The molecule has 1 N–H and O–H groups in total. The fraction of sp³-hybridized carbons (Fsp3) is 0.625. The number of likely N-dealkylation sites (tertiary alicyclic amines) is 1. The molecular formula is C16H26N2. The van der Waals surface area contributed by atoms with Gasteiger partial charge in [0.05, 0.1) is 0 Å². The molecular weight excluding hydrogens is 220 g/mol. The summed E-state index contributed by atoms with van der Waals surface area (Å²) < 4.78 is 0. The van der Waals surface area contributed by atoms with E-state index in [2.05, 4.69) is 55.3 Å². The number of hydrogen-bond donors (Lipinski definition) is 1. The van der Waals surface area contributed by atoms with Gasteiger partial charge in [-0.25, -0.2) is 0 Å². The third kappa shape index (κ3) is 3.33. The van der Waals surface area contributed by atoms with E-state index in [-0.39, 0.29) is 0 Å². The number of rotatable bonds is 5. The zero-order chi connectivity index (χ0) is 13.0. The molecule has 2 nitrogen and oxygen atoms in total. The molecule has 0 spiro atoms. The lowest BCUT2D eigenvalue weighted by Crippen LogP contribution is -2.27. The smallest absolute Gasteiger partial charge is 0.0239 e. The Morgan fingerprint density at radius 2 is 1.94 bits per heavy atom. The van der Waals surface area contributed by atoms with E-state index in [1.54, 1.807) is 0 Å². The van der Waals surface area contributed by atoms with Crippen LogP contribution < -0.4 is 5.32 Å². The second-order valence-corrected chi connectivity index (χ2v) is 5.67. The number of nitrogens with one attached hydrogen (secondary N) is 1. The van der Waals surface area contributed by atoms with Gasteiger partial charge in [-0.15, -0.1) is 0 Å². The fourth-order valence-corrected chi connectivity index (χ4v) is 2.97. The van der Waals surface area contributed by atoms with Gasteiger partial charge in [0.2, 0.25) is 0 Å². The molecule has 100 valence electrons. The Balaban J connectivity index is 2.04. The first-order valence-electron chi connectivity index (χ1n) is 7.22. The van der Waals surface area contributed by atoms with E-state index in [1.165, 1.54) is 24.1 Å². The summed E-state index contributed by atoms with van der Waals surface area (Å²) in [6.45, 7) is 11.3. The molecule has 1 saturated heterocycles. The molecule has 2 unspecified atom stereocenters. The summed E-state index contributed by atoms with van der Waals surface area (Å²) in [4.78, 5) is 2.62. The highest BCUT2D eigenvalue weighted by molar-refractivity contribution is 5.27. The Morgan fingerprint density at radius 3 is 2.56 bits per heavy atom. The maximum Gasteiger partial charge on any atom is 0.0239 e. The zero-order valence-corrected chi connectivity index (χ0v) is 11.9. The van der Waals surface area contributed by atoms with Crippen LogP contribution >= 0.6 is 0 Å². The molecule has 0 amide bonds. The lowest BCUT2D eigenvalue weighted by atomic mass is 10.1. The number of nitrogens with zero attached hydrogens (tertiary/aromatic N) is 1. The van der Waals surface area contributed by atoms with Crippen molar-refractivity contribution in [1.82, 2.24) is 10.2 Å². The summed E-state index contributed by atoms with van der Waals surface area (Å²) in [5.74, 6) is 0.848. The minimum Gasteiger partial charge on any atom is -0.313 e. The van der Waals surface area contributed by atoms with E-state index in [4.69, 9.17) is 0 Å². The van der Waals surface area contributed by atoms with Crippen LogP contribution in [0.25, 0.3) is 0 Å². The predicted octanol–water partition coefficient (Wildman–Crippen LogP) is 3.03. The second-order valence-electron chi connectivity index (χ2n) is 5.67. The maximum absolute atomic E-state index is 3.43. The summed E-state index contributed by atoms with van der Waals surface area (Å²) in [5.41, 5.74) is 2.94. The van der Waals surface area contributed by atoms with E-state index in [1.807, 2.05) is 0 Å². The third-order valence-electron chi connectivity index (χ3n) is 3.97. The number of hydrogen-bond acceptors (Lipinski definition) is 2. The van der Waals surface area contributed by atoms with Crippen LogP contribution in [0.5, 0.6) is 0 Å². The van der Waals surface area contributed by atoms with E-state index in [0.717, 1.165) is 31.6 Å². The van der Waals surface area contributed by atoms with E-state index >= 15 is 0 Å². The largest absolute Gasteiger partial charge is 0.313 e. The van der Waals surface area contributed by atoms with Crippen molar-refractivity contribution in [3.63, 3.8) is 0 Å². The minimum absolute atomic E-state index is 0.729. The lowest BCUT2D eigenvalue weighted by molar-refractivity contribution is 0.256. The zero-order valence-electron chi connectivity index (χ0n) is 11.9. The molecule has 1 aliphatic rings. The average molecular weight is 246 g/mol. The molecule has 1 aromatic carbocycles. The van der Waals surface area contributed by atoms with Gasteiger partial charge in [-0.2, -0.15) is 0 Å². The molecule has 2 rings (SSSR count). The molecule has 18 heavy (non-hydrogen) atoms. The highest BCUT2D eigenvalue weighted by Crippen LogP contribution is 2.25. The van der Waals surface area contributed by atoms with Gasteiger partial charge in [-0.1, -0.05) is 38.1 Å². The highest BCUT2D eigenvalue weighted by atomic mass is 15.2. The quantitative estimate of drug-likeness (QED) is 0.859. The average Bonchev–Trinajstić information content (AvgIpc) is 2.67. The molecule has 1 heterocycles. The monoisotopic (exact) mass is 246 g/mol. The van der Waals surface area contributed by atoms with Crippen LogP contribution in [-0.2, 0) is 13.1 Å². The molecule has 0 bridgehead atoms. The normalized spacial score (nSPS) is 24.6. The molecule has 0 aromatic heterocycles. The summed E-state index contributed by atoms with van der Waals surface area (Å²) in [7, 11) is 0. The second kappa shape index (κ2) is 6.35. The van der Waals surface area contributed by atoms with Crippen molar-refractivity contribution < 1.29 is 0 Å². The number of benzene rings is 1. The Hall–Kier alpha value is -0.860. The molecule has 2 atom stereocenters. The van der Waals surface area contributed by atoms with Crippen molar-refractivity contribution in [3.8, 4) is 0 Å². The van der Waals surface area contributed by atoms with E-state index in [0.29, 0.717) is 0 Å². The molecule has 0 saturated carbocycles. The standard InChI is InChI=1S/C16H26N2/c1-4-17-10-15-7-5-6-8-16(15)12-18-11-13(2)9-14(18)3/h5-8,13-14,17H,4,9-12H2,1-3H3. The Labute approximate surface area is 111 Å². The van der Waals surface area contributed by atoms with Crippen LogP contribution in [0.3, 0.4) is 0 Å². The summed E-state index contributed by atoms with van der Waals surface area (Å²) in [5, 5.41) is 3.43. The van der Waals surface area contributed by atoms with Gasteiger partial charge in [0.25, 0.3) is 0 Å². The molecule has 1 fully saturated rings. The van der Waals surface area contributed by atoms with Crippen molar-refractivity contribution in [3.05, 3.63) is 35.4 Å². The Kier molecular flexibility index (Phi) is 4.79. The van der Waals surface area contributed by atoms with Crippen molar-refractivity contribution >= 4 is 0 Å². The van der Waals surface area contributed by atoms with Gasteiger partial charge in [0.1, 0.15) is 0 Å². The van der Waals surface area contributed by atoms with Gasteiger partial charge in [-0.3, -0.25) is 4.90 Å². The first-order valence-corrected chi connectivity index (χ1v) is 7.22. The first kappa shape index (κ1) is 13.6. The molecule has 0 aliphatic carbocycles. The van der Waals surface area contributed by atoms with Gasteiger partial charge >= 0.3 is 0 Å². The summed E-state index contributed by atoms with van der Waals surface area (Å²) in [6.07, 6.45) is 1.34. The van der Waals surface area contributed by atoms with E-state index < -0.39 is 0 Å². The maximum atomic E-state index is 3.43. The van der Waals surface area contributed by atoms with Crippen molar-refractivity contribution in [2.45, 2.75) is 46.3 Å². The van der Waals surface area contributed by atoms with Crippen LogP contribution in [0.2, 0.25) is 0 Å². The third-order valence-corrected chi connectivity index (χ3v) is 3.97. The first-order chi connectivity index (χ1) is 8.70. The van der Waals surface area contributed by atoms with Gasteiger partial charge in [0.15, 0.2) is 0 Å². The van der Waals surface area contributed by atoms with Crippen LogP contribution in [0.15, 0.2) is 24.3 Å². The van der Waals surface area contributed by atoms with E-state index in [9.17, 15) is 0 Å². The van der Waals surface area contributed by atoms with Crippen molar-refractivity contribution in [2.75, 3.05) is 13.1 Å². The molecule has 0 radical (unpaired) electrons. The Morgan fingerprint density at radius 1 is 1.22 bits per heavy atom. The highest BCUT2D eigenvalue weighted by Gasteiger charge is 2.26. The van der Waals surface area contributed by atoms with Gasteiger partial charge < -0.3 is 5.32 Å². The lowest BCUT2D eigenvalue weighted by Gasteiger charge is -2.22.